The molecule has 2 aromatic carbocycles. The van der Waals surface area contributed by atoms with Crippen molar-refractivity contribution in [2.45, 2.75) is 13.8 Å². The van der Waals surface area contributed by atoms with Crippen LogP contribution in [0.5, 0.6) is 5.75 Å². The van der Waals surface area contributed by atoms with Crippen molar-refractivity contribution in [2.75, 3.05) is 6.61 Å². The zero-order valence-corrected chi connectivity index (χ0v) is 16.3. The molecule has 0 saturated heterocycles. The fourth-order valence-corrected chi connectivity index (χ4v) is 2.45. The zero-order chi connectivity index (χ0) is 17.7. The number of hydrazine groups is 1. The van der Waals surface area contributed by atoms with E-state index < -0.39 is 11.8 Å². The highest BCUT2D eigenvalue weighted by molar-refractivity contribution is 9.10. The maximum Gasteiger partial charge on any atom is 0.276 e. The van der Waals surface area contributed by atoms with Gasteiger partial charge in [0.2, 0.25) is 0 Å². The van der Waals surface area contributed by atoms with Gasteiger partial charge in [0.1, 0.15) is 5.75 Å². The van der Waals surface area contributed by atoms with Crippen molar-refractivity contribution < 1.29 is 14.3 Å². The Balaban J connectivity index is 1.83. The summed E-state index contributed by atoms with van der Waals surface area (Å²) in [7, 11) is 0. The van der Waals surface area contributed by atoms with Crippen molar-refractivity contribution in [1.29, 1.82) is 0 Å². The van der Waals surface area contributed by atoms with Crippen LogP contribution in [0.4, 0.5) is 0 Å². The van der Waals surface area contributed by atoms with Crippen molar-refractivity contribution >= 4 is 43.7 Å². The van der Waals surface area contributed by atoms with Crippen molar-refractivity contribution in [1.82, 2.24) is 10.9 Å². The number of carbonyl (C=O) groups is 2. The molecule has 0 spiro atoms. The summed E-state index contributed by atoms with van der Waals surface area (Å²) < 4.78 is 7.18. The third-order valence-corrected chi connectivity index (χ3v) is 4.99. The van der Waals surface area contributed by atoms with Gasteiger partial charge in [-0.1, -0.05) is 37.9 Å². The van der Waals surface area contributed by atoms with Crippen LogP contribution in [-0.2, 0) is 4.79 Å². The van der Waals surface area contributed by atoms with Gasteiger partial charge in [-0.15, -0.1) is 0 Å². The van der Waals surface area contributed by atoms with E-state index in [9.17, 15) is 9.59 Å². The number of benzene rings is 2. The van der Waals surface area contributed by atoms with Crippen LogP contribution in [0.2, 0.25) is 0 Å². The van der Waals surface area contributed by atoms with Crippen LogP contribution in [0.25, 0.3) is 0 Å². The molecule has 0 heterocycles. The minimum absolute atomic E-state index is 0.195. The molecule has 24 heavy (non-hydrogen) atoms. The number of aryl methyl sites for hydroxylation is 2. The van der Waals surface area contributed by atoms with E-state index in [1.807, 2.05) is 32.0 Å². The third kappa shape index (κ3) is 5.07. The molecule has 2 rings (SSSR count). The Bertz CT molecular complexity index is 778. The SMILES string of the molecule is Cc1cc(OCC(=O)NNC(=O)c2ccc(C)c(Br)c2)ccc1Br. The van der Waals surface area contributed by atoms with Gasteiger partial charge in [-0.3, -0.25) is 20.4 Å². The standard InChI is InChI=1S/C17H16Br2N2O3/c1-10-3-4-12(8-15(10)19)17(23)21-20-16(22)9-24-13-5-6-14(18)11(2)7-13/h3-8H,9H2,1-2H3,(H,20,22)(H,21,23). The van der Waals surface area contributed by atoms with Crippen LogP contribution in [0.15, 0.2) is 45.3 Å². The number of nitrogens with one attached hydrogen (secondary N) is 2. The fourth-order valence-electron chi connectivity index (χ4n) is 1.82. The molecule has 0 unspecified atom stereocenters. The molecule has 2 aromatic rings. The van der Waals surface area contributed by atoms with Crippen LogP contribution in [0.3, 0.4) is 0 Å². The van der Waals surface area contributed by atoms with Crippen molar-refractivity contribution in [3.8, 4) is 5.75 Å². The topological polar surface area (TPSA) is 67.4 Å². The van der Waals surface area contributed by atoms with E-state index in [1.54, 1.807) is 18.2 Å². The summed E-state index contributed by atoms with van der Waals surface area (Å²) in [6, 6.07) is 10.6. The smallest absolute Gasteiger partial charge is 0.276 e. The average Bonchev–Trinajstić information content (AvgIpc) is 2.56. The Morgan fingerprint density at radius 3 is 2.38 bits per heavy atom. The molecule has 5 nitrogen and oxygen atoms in total. The number of carbonyl (C=O) groups excluding carboxylic acids is 2. The summed E-state index contributed by atoms with van der Waals surface area (Å²) in [4.78, 5) is 23.7. The summed E-state index contributed by atoms with van der Waals surface area (Å²) >= 11 is 6.76. The van der Waals surface area contributed by atoms with Gasteiger partial charge in [0, 0.05) is 14.5 Å². The number of amides is 2. The second-order valence-electron chi connectivity index (χ2n) is 5.17. The van der Waals surface area contributed by atoms with E-state index in [0.717, 1.165) is 20.1 Å². The minimum atomic E-state index is -0.449. The number of hydrogen-bond donors (Lipinski definition) is 2. The number of hydrogen-bond acceptors (Lipinski definition) is 3. The highest BCUT2D eigenvalue weighted by atomic mass is 79.9. The predicted molar refractivity (Wildman–Crippen MR) is 98.9 cm³/mol. The van der Waals surface area contributed by atoms with Gasteiger partial charge in [0.05, 0.1) is 0 Å². The summed E-state index contributed by atoms with van der Waals surface area (Å²) in [5.74, 6) is -0.265. The molecule has 0 aliphatic rings. The van der Waals surface area contributed by atoms with E-state index >= 15 is 0 Å². The molecule has 0 aliphatic carbocycles. The first-order chi connectivity index (χ1) is 11.4. The molecular weight excluding hydrogens is 440 g/mol. The molecule has 0 atom stereocenters. The molecular formula is C17H16Br2N2O3. The van der Waals surface area contributed by atoms with Crippen molar-refractivity contribution in [3.05, 3.63) is 62.0 Å². The summed E-state index contributed by atoms with van der Waals surface area (Å²) in [6.45, 7) is 3.66. The molecule has 0 fully saturated rings. The van der Waals surface area contributed by atoms with Gasteiger partial charge < -0.3 is 4.74 Å². The monoisotopic (exact) mass is 454 g/mol. The van der Waals surface area contributed by atoms with Crippen LogP contribution in [-0.4, -0.2) is 18.4 Å². The van der Waals surface area contributed by atoms with Crippen LogP contribution >= 0.6 is 31.9 Å². The van der Waals surface area contributed by atoms with Crippen LogP contribution < -0.4 is 15.6 Å². The average molecular weight is 456 g/mol. The third-order valence-electron chi connectivity index (χ3n) is 3.25. The second-order valence-corrected chi connectivity index (χ2v) is 6.87. The normalized spacial score (nSPS) is 10.2. The second kappa shape index (κ2) is 8.30. The Labute approximate surface area is 157 Å². The van der Waals surface area contributed by atoms with E-state index in [0.29, 0.717) is 11.3 Å². The summed E-state index contributed by atoms with van der Waals surface area (Å²) in [5.41, 5.74) is 7.15. The molecule has 2 amide bonds. The van der Waals surface area contributed by atoms with E-state index in [1.165, 1.54) is 0 Å². The lowest BCUT2D eigenvalue weighted by Gasteiger charge is -2.10. The molecule has 2 N–H and O–H groups in total. The highest BCUT2D eigenvalue weighted by Crippen LogP contribution is 2.21. The van der Waals surface area contributed by atoms with Gasteiger partial charge in [-0.05, 0) is 55.3 Å². The predicted octanol–water partition coefficient (Wildman–Crippen LogP) is 3.67. The highest BCUT2D eigenvalue weighted by Gasteiger charge is 2.09. The first-order valence-electron chi connectivity index (χ1n) is 7.11. The summed E-state index contributed by atoms with van der Waals surface area (Å²) in [6.07, 6.45) is 0. The van der Waals surface area contributed by atoms with Crippen molar-refractivity contribution in [2.24, 2.45) is 0 Å². The molecule has 7 heteroatoms. The van der Waals surface area contributed by atoms with Crippen molar-refractivity contribution in [3.63, 3.8) is 0 Å². The lowest BCUT2D eigenvalue weighted by molar-refractivity contribution is -0.123. The Hall–Kier alpha value is -1.86. The first kappa shape index (κ1) is 18.5. The molecule has 0 saturated carbocycles. The lowest BCUT2D eigenvalue weighted by Crippen LogP contribution is -2.43. The summed E-state index contributed by atoms with van der Waals surface area (Å²) in [5, 5.41) is 0. The maximum atomic E-state index is 12.0. The Morgan fingerprint density at radius 1 is 0.958 bits per heavy atom. The lowest BCUT2D eigenvalue weighted by atomic mass is 10.1. The molecule has 0 aromatic heterocycles. The maximum absolute atomic E-state index is 12.0. The molecule has 0 aliphatic heterocycles. The zero-order valence-electron chi connectivity index (χ0n) is 13.2. The minimum Gasteiger partial charge on any atom is -0.484 e. The number of halogens is 2. The van der Waals surface area contributed by atoms with Crippen LogP contribution in [0, 0.1) is 13.8 Å². The van der Waals surface area contributed by atoms with Crippen LogP contribution in [0.1, 0.15) is 21.5 Å². The van der Waals surface area contributed by atoms with E-state index in [4.69, 9.17) is 4.74 Å². The van der Waals surface area contributed by atoms with Gasteiger partial charge in [-0.25, -0.2) is 0 Å². The fraction of sp³-hybridized carbons (Fsp3) is 0.176. The van der Waals surface area contributed by atoms with E-state index in [-0.39, 0.29) is 6.61 Å². The van der Waals surface area contributed by atoms with Gasteiger partial charge in [0.15, 0.2) is 6.61 Å². The molecule has 126 valence electrons. The molecule has 0 radical (unpaired) electrons. The Kier molecular flexibility index (Phi) is 6.39. The van der Waals surface area contributed by atoms with Gasteiger partial charge >= 0.3 is 0 Å². The van der Waals surface area contributed by atoms with E-state index in [2.05, 4.69) is 42.7 Å². The quantitative estimate of drug-likeness (QED) is 0.691. The number of ether oxygens (including phenoxy) is 1. The van der Waals surface area contributed by atoms with Gasteiger partial charge in [-0.2, -0.15) is 0 Å². The van der Waals surface area contributed by atoms with Gasteiger partial charge in [0.25, 0.3) is 11.8 Å². The molecule has 0 bridgehead atoms. The first-order valence-corrected chi connectivity index (χ1v) is 8.69. The number of rotatable bonds is 4. The Morgan fingerprint density at radius 2 is 1.71 bits per heavy atom. The largest absolute Gasteiger partial charge is 0.484 e.